The molecule has 0 bridgehead atoms. The molecule has 0 aliphatic carbocycles. The number of amides is 4. The van der Waals surface area contributed by atoms with E-state index in [0.29, 0.717) is 15.2 Å². The fraction of sp³-hybridized carbons (Fsp3) is 0.0741. The van der Waals surface area contributed by atoms with E-state index in [9.17, 15) is 14.4 Å². The monoisotopic (exact) mass is 579 g/mol. The van der Waals surface area contributed by atoms with E-state index in [-0.39, 0.29) is 5.57 Å². The minimum absolute atomic E-state index is 0.104. The number of imide groups is 2. The number of hydrogen-bond acceptors (Lipinski definition) is 4. The number of urea groups is 1. The molecule has 0 unspecified atom stereocenters. The third kappa shape index (κ3) is 4.97. The van der Waals surface area contributed by atoms with E-state index >= 15 is 0 Å². The number of carbonyl (C=O) groups excluding carboxylic acids is 3. The van der Waals surface area contributed by atoms with Crippen molar-refractivity contribution in [2.24, 2.45) is 0 Å². The largest absolute Gasteiger partial charge is 0.346 e. The zero-order valence-corrected chi connectivity index (χ0v) is 21.9. The van der Waals surface area contributed by atoms with Gasteiger partial charge >= 0.3 is 6.03 Å². The predicted molar refractivity (Wildman–Crippen MR) is 147 cm³/mol. The number of thioether (sulfide) groups is 1. The number of nitrogens with one attached hydrogen (secondary N) is 1. The molecule has 36 heavy (non-hydrogen) atoms. The first-order valence-corrected chi connectivity index (χ1v) is 13.2. The van der Waals surface area contributed by atoms with Crippen molar-refractivity contribution in [1.29, 1.82) is 0 Å². The molecule has 0 radical (unpaired) electrons. The van der Waals surface area contributed by atoms with Gasteiger partial charge < -0.3 is 4.57 Å². The lowest BCUT2D eigenvalue weighted by molar-refractivity contribution is -0.122. The summed E-state index contributed by atoms with van der Waals surface area (Å²) in [6, 6.07) is 21.6. The average molecular weight is 581 g/mol. The van der Waals surface area contributed by atoms with E-state index in [4.69, 9.17) is 11.6 Å². The van der Waals surface area contributed by atoms with Crippen molar-refractivity contribution < 1.29 is 14.4 Å². The second-order valence-electron chi connectivity index (χ2n) is 8.04. The number of aromatic nitrogens is 1. The van der Waals surface area contributed by atoms with Crippen molar-refractivity contribution in [3.63, 3.8) is 0 Å². The highest BCUT2D eigenvalue weighted by molar-refractivity contribution is 9.10. The molecule has 180 valence electrons. The van der Waals surface area contributed by atoms with Gasteiger partial charge in [-0.3, -0.25) is 14.9 Å². The maximum absolute atomic E-state index is 13.3. The minimum atomic E-state index is -0.776. The number of para-hydroxylation sites is 1. The van der Waals surface area contributed by atoms with Gasteiger partial charge in [0.25, 0.3) is 11.8 Å². The Bertz CT molecular complexity index is 1530. The van der Waals surface area contributed by atoms with Crippen LogP contribution in [0.1, 0.15) is 5.56 Å². The van der Waals surface area contributed by atoms with E-state index in [1.54, 1.807) is 42.1 Å². The molecule has 0 saturated carbocycles. The molecule has 0 spiro atoms. The summed E-state index contributed by atoms with van der Waals surface area (Å²) in [5.41, 5.74) is 1.98. The van der Waals surface area contributed by atoms with Gasteiger partial charge in [-0.05, 0) is 54.6 Å². The molecule has 1 saturated heterocycles. The standard InChI is InChI=1S/C27H19BrClN3O3S/c28-18-4-3-5-20(15-18)32-26(34)23(25(33)30-27(32)35)14-17-16-31(24-7-2-1-6-22(17)24)12-13-36-21-10-8-19(29)9-11-21/h1-11,14-16H,12-13H2,(H,30,33,35)/b23-14+. The molecule has 5 rings (SSSR count). The van der Waals surface area contributed by atoms with Crippen LogP contribution >= 0.6 is 39.3 Å². The second-order valence-corrected chi connectivity index (χ2v) is 10.6. The van der Waals surface area contributed by atoms with Crippen LogP contribution in [0.2, 0.25) is 5.02 Å². The molecule has 6 nitrogen and oxygen atoms in total. The molecule has 4 aromatic rings. The average Bonchev–Trinajstić information content (AvgIpc) is 3.20. The molecular weight excluding hydrogens is 562 g/mol. The summed E-state index contributed by atoms with van der Waals surface area (Å²) in [6.07, 6.45) is 3.49. The quantitative estimate of drug-likeness (QED) is 0.160. The molecule has 9 heteroatoms. The zero-order valence-electron chi connectivity index (χ0n) is 18.8. The van der Waals surface area contributed by atoms with Crippen LogP contribution in [0.3, 0.4) is 0 Å². The van der Waals surface area contributed by atoms with Gasteiger partial charge in [0.2, 0.25) is 0 Å². The van der Waals surface area contributed by atoms with Gasteiger partial charge in [-0.2, -0.15) is 0 Å². The Morgan fingerprint density at radius 2 is 1.75 bits per heavy atom. The van der Waals surface area contributed by atoms with Crippen LogP contribution in [0.5, 0.6) is 0 Å². The number of benzene rings is 3. The van der Waals surface area contributed by atoms with Crippen molar-refractivity contribution in [2.45, 2.75) is 11.4 Å². The van der Waals surface area contributed by atoms with E-state index in [1.165, 1.54) is 0 Å². The van der Waals surface area contributed by atoms with Crippen LogP contribution in [-0.4, -0.2) is 28.2 Å². The third-order valence-electron chi connectivity index (χ3n) is 5.70. The van der Waals surface area contributed by atoms with Crippen LogP contribution in [0.4, 0.5) is 10.5 Å². The molecule has 1 aromatic heterocycles. The molecule has 1 fully saturated rings. The summed E-state index contributed by atoms with van der Waals surface area (Å²) < 4.78 is 2.81. The normalized spacial score (nSPS) is 15.1. The first-order valence-electron chi connectivity index (χ1n) is 11.0. The van der Waals surface area contributed by atoms with Crippen molar-refractivity contribution in [1.82, 2.24) is 9.88 Å². The maximum Gasteiger partial charge on any atom is 0.335 e. The highest BCUT2D eigenvalue weighted by atomic mass is 79.9. The summed E-state index contributed by atoms with van der Waals surface area (Å²) >= 11 is 11.0. The molecule has 1 aliphatic rings. The van der Waals surface area contributed by atoms with Crippen LogP contribution < -0.4 is 10.2 Å². The van der Waals surface area contributed by atoms with Crippen LogP contribution in [0.25, 0.3) is 17.0 Å². The number of aryl methyl sites for hydroxylation is 1. The zero-order chi connectivity index (χ0) is 25.2. The van der Waals surface area contributed by atoms with Crippen molar-refractivity contribution in [3.05, 3.63) is 99.6 Å². The summed E-state index contributed by atoms with van der Waals surface area (Å²) in [5, 5.41) is 3.90. The number of halogens is 2. The maximum atomic E-state index is 13.3. The Kier molecular flexibility index (Phi) is 7.00. The van der Waals surface area contributed by atoms with Gasteiger partial charge in [-0.1, -0.05) is 51.8 Å². The molecule has 2 heterocycles. The number of fused-ring (bicyclic) bond motifs is 1. The van der Waals surface area contributed by atoms with E-state index in [2.05, 4.69) is 25.8 Å². The number of rotatable bonds is 6. The Hall–Kier alpha value is -3.33. The summed E-state index contributed by atoms with van der Waals surface area (Å²) in [5.74, 6) is -0.565. The first kappa shape index (κ1) is 24.4. The van der Waals surface area contributed by atoms with Crippen LogP contribution in [-0.2, 0) is 16.1 Å². The Balaban J connectivity index is 1.45. The second kappa shape index (κ2) is 10.3. The molecule has 4 amide bonds. The predicted octanol–water partition coefficient (Wildman–Crippen LogP) is 6.52. The Morgan fingerprint density at radius 3 is 2.53 bits per heavy atom. The molecule has 1 N–H and O–H groups in total. The number of hydrogen-bond donors (Lipinski definition) is 1. The lowest BCUT2D eigenvalue weighted by atomic mass is 10.1. The molecule has 0 atom stereocenters. The smallest absolute Gasteiger partial charge is 0.335 e. The van der Waals surface area contributed by atoms with Gasteiger partial charge in [0.1, 0.15) is 5.57 Å². The molecule has 1 aliphatic heterocycles. The van der Waals surface area contributed by atoms with Crippen LogP contribution in [0.15, 0.2) is 93.9 Å². The lowest BCUT2D eigenvalue weighted by Crippen LogP contribution is -2.54. The SMILES string of the molecule is O=C1NC(=O)N(c2cccc(Br)c2)C(=O)/C1=C/c1cn(CCSc2ccc(Cl)cc2)c2ccccc12. The van der Waals surface area contributed by atoms with E-state index in [1.807, 2.05) is 54.7 Å². The number of nitrogens with zero attached hydrogens (tertiary/aromatic N) is 2. The van der Waals surface area contributed by atoms with Crippen LogP contribution in [0, 0.1) is 0 Å². The first-order chi connectivity index (χ1) is 17.4. The minimum Gasteiger partial charge on any atom is -0.346 e. The van der Waals surface area contributed by atoms with E-state index < -0.39 is 17.8 Å². The van der Waals surface area contributed by atoms with Crippen molar-refractivity contribution >= 4 is 79.8 Å². The van der Waals surface area contributed by atoms with Crippen molar-refractivity contribution in [3.8, 4) is 0 Å². The number of carbonyl (C=O) groups is 3. The highest BCUT2D eigenvalue weighted by Gasteiger charge is 2.37. The van der Waals surface area contributed by atoms with Gasteiger partial charge in [-0.25, -0.2) is 9.69 Å². The fourth-order valence-electron chi connectivity index (χ4n) is 4.03. The topological polar surface area (TPSA) is 71.4 Å². The molecular formula is C27H19BrClN3O3S. The summed E-state index contributed by atoms with van der Waals surface area (Å²) in [4.78, 5) is 40.6. The lowest BCUT2D eigenvalue weighted by Gasteiger charge is -2.26. The van der Waals surface area contributed by atoms with Gasteiger partial charge in [0, 0.05) is 49.4 Å². The third-order valence-corrected chi connectivity index (χ3v) is 7.44. The summed E-state index contributed by atoms with van der Waals surface area (Å²) in [7, 11) is 0. The number of anilines is 1. The summed E-state index contributed by atoms with van der Waals surface area (Å²) in [6.45, 7) is 0.722. The van der Waals surface area contributed by atoms with E-state index in [0.717, 1.165) is 38.6 Å². The van der Waals surface area contributed by atoms with Crippen molar-refractivity contribution in [2.75, 3.05) is 10.7 Å². The fourth-order valence-corrected chi connectivity index (χ4v) is 5.40. The van der Waals surface area contributed by atoms with Gasteiger partial charge in [0.15, 0.2) is 0 Å². The van der Waals surface area contributed by atoms with Gasteiger partial charge in [0.05, 0.1) is 5.69 Å². The Morgan fingerprint density at radius 1 is 0.972 bits per heavy atom. The Labute approximate surface area is 225 Å². The number of barbiturate groups is 1. The highest BCUT2D eigenvalue weighted by Crippen LogP contribution is 2.28. The van der Waals surface area contributed by atoms with Gasteiger partial charge in [-0.15, -0.1) is 11.8 Å². The molecule has 3 aromatic carbocycles.